The highest BCUT2D eigenvalue weighted by molar-refractivity contribution is 7.18. The van der Waals surface area contributed by atoms with E-state index in [4.69, 9.17) is 4.98 Å². The number of aromatic nitrogens is 3. The van der Waals surface area contributed by atoms with Crippen LogP contribution >= 0.6 is 11.3 Å². The number of hydrogen-bond donors (Lipinski definition) is 1. The van der Waals surface area contributed by atoms with Gasteiger partial charge in [0.25, 0.3) is 5.91 Å². The van der Waals surface area contributed by atoms with Crippen molar-refractivity contribution in [3.05, 3.63) is 82.7 Å². The second-order valence-corrected chi connectivity index (χ2v) is 8.71. The van der Waals surface area contributed by atoms with Gasteiger partial charge in [-0.25, -0.2) is 4.98 Å². The molecule has 30 heavy (non-hydrogen) atoms. The monoisotopic (exact) mass is 414 g/mol. The molecule has 2 aromatic heterocycles. The van der Waals surface area contributed by atoms with Crippen LogP contribution in [0.1, 0.15) is 32.9 Å². The van der Waals surface area contributed by atoms with E-state index < -0.39 is 0 Å². The third-order valence-electron chi connectivity index (χ3n) is 5.55. The Hall–Kier alpha value is -3.25. The maximum Gasteiger partial charge on any atom is 0.274 e. The van der Waals surface area contributed by atoms with Gasteiger partial charge in [-0.05, 0) is 37.5 Å². The first-order chi connectivity index (χ1) is 14.6. The van der Waals surface area contributed by atoms with E-state index >= 15 is 0 Å². The summed E-state index contributed by atoms with van der Waals surface area (Å²) in [5, 5.41) is 8.34. The quantitative estimate of drug-likeness (QED) is 0.512. The zero-order chi connectivity index (χ0) is 20.7. The van der Waals surface area contributed by atoms with Gasteiger partial charge in [0.05, 0.1) is 16.3 Å². The van der Waals surface area contributed by atoms with Crippen LogP contribution in [0.25, 0.3) is 21.1 Å². The highest BCUT2D eigenvalue weighted by Crippen LogP contribution is 2.34. The maximum absolute atomic E-state index is 13.0. The van der Waals surface area contributed by atoms with Crippen LogP contribution in [-0.4, -0.2) is 32.5 Å². The molecule has 3 heterocycles. The van der Waals surface area contributed by atoms with Gasteiger partial charge in [-0.15, -0.1) is 11.3 Å². The Kier molecular flexibility index (Phi) is 4.71. The van der Waals surface area contributed by atoms with Gasteiger partial charge in [0.15, 0.2) is 5.69 Å². The van der Waals surface area contributed by atoms with Crippen LogP contribution in [0.4, 0.5) is 0 Å². The van der Waals surface area contributed by atoms with E-state index in [0.717, 1.165) is 39.8 Å². The Balaban J connectivity index is 1.38. The van der Waals surface area contributed by atoms with Crippen molar-refractivity contribution in [2.75, 3.05) is 6.54 Å². The smallest absolute Gasteiger partial charge is 0.274 e. The van der Waals surface area contributed by atoms with Crippen molar-refractivity contribution >= 4 is 17.2 Å². The number of aromatic amines is 1. The molecule has 0 spiro atoms. The van der Waals surface area contributed by atoms with Crippen LogP contribution < -0.4 is 0 Å². The van der Waals surface area contributed by atoms with Gasteiger partial charge < -0.3 is 4.90 Å². The average molecular weight is 415 g/mol. The molecule has 150 valence electrons. The van der Waals surface area contributed by atoms with Crippen LogP contribution in [0.2, 0.25) is 0 Å². The second-order valence-electron chi connectivity index (χ2n) is 7.71. The largest absolute Gasteiger partial charge is 0.333 e. The third-order valence-corrected chi connectivity index (χ3v) is 6.79. The van der Waals surface area contributed by atoms with Crippen molar-refractivity contribution in [1.82, 2.24) is 20.1 Å². The number of thiazole rings is 1. The van der Waals surface area contributed by atoms with Crippen molar-refractivity contribution < 1.29 is 4.79 Å². The van der Waals surface area contributed by atoms with Crippen LogP contribution in [0.5, 0.6) is 0 Å². The molecule has 5 nitrogen and oxygen atoms in total. The molecule has 0 saturated heterocycles. The summed E-state index contributed by atoms with van der Waals surface area (Å²) in [6.07, 6.45) is 0.882. The fraction of sp³-hybridized carbons (Fsp3) is 0.208. The van der Waals surface area contributed by atoms with Crippen LogP contribution in [0.15, 0.2) is 54.6 Å². The minimum absolute atomic E-state index is 0.0343. The predicted molar refractivity (Wildman–Crippen MR) is 119 cm³/mol. The molecular formula is C24H22N4OS. The molecule has 0 saturated carbocycles. The summed E-state index contributed by atoms with van der Waals surface area (Å²) in [5.41, 5.74) is 7.09. The van der Waals surface area contributed by atoms with Gasteiger partial charge in [0.2, 0.25) is 0 Å². The lowest BCUT2D eigenvalue weighted by atomic mass is 10.00. The minimum atomic E-state index is -0.0343. The van der Waals surface area contributed by atoms with E-state index in [1.165, 1.54) is 16.7 Å². The zero-order valence-electron chi connectivity index (χ0n) is 17.0. The van der Waals surface area contributed by atoms with Gasteiger partial charge in [-0.2, -0.15) is 5.10 Å². The van der Waals surface area contributed by atoms with Crippen molar-refractivity contribution in [1.29, 1.82) is 0 Å². The van der Waals surface area contributed by atoms with Gasteiger partial charge in [0.1, 0.15) is 5.01 Å². The Labute approximate surface area is 179 Å². The second kappa shape index (κ2) is 7.54. The molecular weight excluding hydrogens is 392 g/mol. The lowest BCUT2D eigenvalue weighted by molar-refractivity contribution is 0.0728. The van der Waals surface area contributed by atoms with E-state index in [1.54, 1.807) is 11.3 Å². The van der Waals surface area contributed by atoms with Crippen LogP contribution in [0.3, 0.4) is 0 Å². The number of fused-ring (bicyclic) bond motifs is 1. The van der Waals surface area contributed by atoms with Crippen molar-refractivity contribution in [3.8, 4) is 21.1 Å². The van der Waals surface area contributed by atoms with Gasteiger partial charge in [-0.3, -0.25) is 9.89 Å². The minimum Gasteiger partial charge on any atom is -0.333 e. The van der Waals surface area contributed by atoms with Gasteiger partial charge >= 0.3 is 0 Å². The van der Waals surface area contributed by atoms with Gasteiger partial charge in [-0.1, -0.05) is 54.1 Å². The molecule has 6 heteroatoms. The summed E-state index contributed by atoms with van der Waals surface area (Å²) in [7, 11) is 0. The maximum atomic E-state index is 13.0. The molecule has 1 aliphatic heterocycles. The standard InChI is InChI=1S/C24H22N4OS/c1-15-7-9-18(10-8-15)23-25-16(2)22(30-23)20-13-21(27-26-20)24(29)28-12-11-17-5-3-4-6-19(17)14-28/h3-10,13H,11-12,14H2,1-2H3,(H,26,27). The SMILES string of the molecule is Cc1ccc(-c2nc(C)c(-c3cc(C(=O)N4CCc5ccccc5C4)n[nH]3)s2)cc1. The first kappa shape index (κ1) is 18.8. The molecule has 0 atom stereocenters. The molecule has 0 unspecified atom stereocenters. The summed E-state index contributed by atoms with van der Waals surface area (Å²) in [6, 6.07) is 18.5. The van der Waals surface area contributed by atoms with E-state index in [1.807, 2.05) is 24.0 Å². The molecule has 1 aliphatic rings. The van der Waals surface area contributed by atoms with Crippen molar-refractivity contribution in [2.24, 2.45) is 0 Å². The molecule has 4 aromatic rings. The predicted octanol–water partition coefficient (Wildman–Crippen LogP) is 5.02. The summed E-state index contributed by atoms with van der Waals surface area (Å²) >= 11 is 1.62. The van der Waals surface area contributed by atoms with Gasteiger partial charge in [0, 0.05) is 18.7 Å². The summed E-state index contributed by atoms with van der Waals surface area (Å²) in [4.78, 5) is 20.6. The van der Waals surface area contributed by atoms with E-state index in [9.17, 15) is 4.79 Å². The fourth-order valence-corrected chi connectivity index (χ4v) is 4.88. The van der Waals surface area contributed by atoms with Crippen LogP contribution in [0, 0.1) is 13.8 Å². The Morgan fingerprint density at radius 1 is 1.07 bits per heavy atom. The van der Waals surface area contributed by atoms with Crippen molar-refractivity contribution in [2.45, 2.75) is 26.8 Å². The Morgan fingerprint density at radius 2 is 1.83 bits per heavy atom. The summed E-state index contributed by atoms with van der Waals surface area (Å²) in [5.74, 6) is -0.0343. The first-order valence-corrected chi connectivity index (χ1v) is 10.9. The lowest BCUT2D eigenvalue weighted by Gasteiger charge is -2.28. The zero-order valence-corrected chi connectivity index (χ0v) is 17.8. The molecule has 0 bridgehead atoms. The number of rotatable bonds is 3. The number of carbonyl (C=O) groups excluding carboxylic acids is 1. The molecule has 0 radical (unpaired) electrons. The van der Waals surface area contributed by atoms with Crippen molar-refractivity contribution in [3.63, 3.8) is 0 Å². The van der Waals surface area contributed by atoms with E-state index in [0.29, 0.717) is 12.2 Å². The number of carbonyl (C=O) groups is 1. The Morgan fingerprint density at radius 3 is 2.63 bits per heavy atom. The average Bonchev–Trinajstić information content (AvgIpc) is 3.40. The number of hydrogen-bond acceptors (Lipinski definition) is 4. The molecule has 5 rings (SSSR count). The fourth-order valence-electron chi connectivity index (χ4n) is 3.84. The summed E-state index contributed by atoms with van der Waals surface area (Å²) < 4.78 is 0. The number of aryl methyl sites for hydroxylation is 2. The number of nitrogens with zero attached hydrogens (tertiary/aromatic N) is 3. The molecule has 0 fully saturated rings. The highest BCUT2D eigenvalue weighted by Gasteiger charge is 2.24. The third kappa shape index (κ3) is 3.44. The molecule has 1 N–H and O–H groups in total. The first-order valence-electron chi connectivity index (χ1n) is 10.0. The summed E-state index contributed by atoms with van der Waals surface area (Å²) in [6.45, 7) is 5.42. The van der Waals surface area contributed by atoms with Crippen LogP contribution in [-0.2, 0) is 13.0 Å². The molecule has 2 aromatic carbocycles. The number of benzene rings is 2. The van der Waals surface area contributed by atoms with E-state index in [2.05, 4.69) is 59.6 Å². The number of H-pyrrole nitrogens is 1. The number of nitrogens with one attached hydrogen (secondary N) is 1. The normalized spacial score (nSPS) is 13.3. The lowest BCUT2D eigenvalue weighted by Crippen LogP contribution is -2.36. The topological polar surface area (TPSA) is 61.9 Å². The Bertz CT molecular complexity index is 1220. The highest BCUT2D eigenvalue weighted by atomic mass is 32.1. The molecule has 0 aliphatic carbocycles. The molecule has 1 amide bonds. The number of amides is 1. The van der Waals surface area contributed by atoms with E-state index in [-0.39, 0.29) is 5.91 Å².